The zero-order chi connectivity index (χ0) is 22.8. The third-order valence-corrected chi connectivity index (χ3v) is 5.82. The van der Waals surface area contributed by atoms with Crippen molar-refractivity contribution in [1.29, 1.82) is 5.26 Å². The maximum Gasteiger partial charge on any atom is 0.343 e. The quantitative estimate of drug-likeness (QED) is 0.365. The number of hydrogen-bond donors (Lipinski definition) is 1. The molecule has 3 aromatic rings. The lowest BCUT2D eigenvalue weighted by Crippen LogP contribution is -2.21. The van der Waals surface area contributed by atoms with E-state index < -0.39 is 11.9 Å². The number of allylic oxidation sites excluding steroid dienone is 1. The second kappa shape index (κ2) is 8.95. The Morgan fingerprint density at radius 2 is 1.91 bits per heavy atom. The Morgan fingerprint density at radius 1 is 1.16 bits per heavy atom. The number of hydrogen-bond acceptors (Lipinski definition) is 6. The molecule has 32 heavy (non-hydrogen) atoms. The van der Waals surface area contributed by atoms with Gasteiger partial charge in [0.25, 0.3) is 0 Å². The molecule has 0 fully saturated rings. The number of benzene rings is 3. The summed E-state index contributed by atoms with van der Waals surface area (Å²) < 4.78 is 17.2. The summed E-state index contributed by atoms with van der Waals surface area (Å²) in [5.74, 6) is 0.159. The highest BCUT2D eigenvalue weighted by Gasteiger charge is 2.31. The van der Waals surface area contributed by atoms with Crippen LogP contribution in [-0.4, -0.2) is 13.1 Å². The number of ether oxygens (including phenoxy) is 3. The van der Waals surface area contributed by atoms with Gasteiger partial charge in [0.15, 0.2) is 0 Å². The van der Waals surface area contributed by atoms with Gasteiger partial charge in [-0.05, 0) is 42.0 Å². The van der Waals surface area contributed by atoms with E-state index in [1.54, 1.807) is 30.3 Å². The van der Waals surface area contributed by atoms with Gasteiger partial charge in [-0.25, -0.2) is 4.79 Å². The summed E-state index contributed by atoms with van der Waals surface area (Å²) in [4.78, 5) is 12.6. The molecule has 4 rings (SSSR count). The lowest BCUT2D eigenvalue weighted by molar-refractivity contribution is 0.0734. The second-order valence-electron chi connectivity index (χ2n) is 6.91. The molecule has 0 radical (unpaired) electrons. The maximum absolute atomic E-state index is 12.6. The van der Waals surface area contributed by atoms with Crippen molar-refractivity contribution in [1.82, 2.24) is 0 Å². The van der Waals surface area contributed by atoms with Crippen molar-refractivity contribution in [2.24, 2.45) is 5.73 Å². The number of nitrogens with two attached hydrogens (primary N) is 1. The number of fused-ring (bicyclic) bond motifs is 1. The molecular weight excluding hydrogens is 496 g/mol. The predicted molar refractivity (Wildman–Crippen MR) is 123 cm³/mol. The smallest absolute Gasteiger partial charge is 0.343 e. The Morgan fingerprint density at radius 3 is 2.56 bits per heavy atom. The monoisotopic (exact) mass is 510 g/mol. The number of halogens is 2. The van der Waals surface area contributed by atoms with Gasteiger partial charge < -0.3 is 19.9 Å². The van der Waals surface area contributed by atoms with Crippen molar-refractivity contribution in [3.8, 4) is 23.3 Å². The minimum Gasteiger partial charge on any atom is -0.495 e. The first-order chi connectivity index (χ1) is 15.4. The third-order valence-electron chi connectivity index (χ3n) is 4.99. The highest BCUT2D eigenvalue weighted by Crippen LogP contribution is 2.43. The van der Waals surface area contributed by atoms with Crippen LogP contribution in [0.4, 0.5) is 0 Å². The van der Waals surface area contributed by atoms with Crippen molar-refractivity contribution >= 4 is 33.5 Å². The summed E-state index contributed by atoms with van der Waals surface area (Å²) in [6.07, 6.45) is 0. The van der Waals surface area contributed by atoms with E-state index in [0.717, 1.165) is 15.6 Å². The fourth-order valence-electron chi connectivity index (χ4n) is 3.46. The van der Waals surface area contributed by atoms with E-state index >= 15 is 0 Å². The Kier molecular flexibility index (Phi) is 6.08. The maximum atomic E-state index is 12.6. The molecule has 8 heteroatoms. The summed E-state index contributed by atoms with van der Waals surface area (Å²) >= 11 is 9.52. The van der Waals surface area contributed by atoms with Crippen molar-refractivity contribution in [3.63, 3.8) is 0 Å². The van der Waals surface area contributed by atoms with Crippen LogP contribution in [0.5, 0.6) is 17.2 Å². The number of carbonyl (C=O) groups excluding carboxylic acids is 1. The Hall–Kier alpha value is -3.47. The Labute approximate surface area is 197 Å². The van der Waals surface area contributed by atoms with Crippen molar-refractivity contribution in [3.05, 3.63) is 98.3 Å². The second-order valence-corrected chi connectivity index (χ2v) is 8.24. The van der Waals surface area contributed by atoms with Crippen LogP contribution in [0, 0.1) is 11.3 Å². The number of methoxy groups -OCH3 is 1. The van der Waals surface area contributed by atoms with Gasteiger partial charge in [0.1, 0.15) is 28.9 Å². The van der Waals surface area contributed by atoms with Gasteiger partial charge in [0.05, 0.1) is 23.6 Å². The van der Waals surface area contributed by atoms with Crippen molar-refractivity contribution < 1.29 is 19.0 Å². The lowest BCUT2D eigenvalue weighted by atomic mass is 9.83. The van der Waals surface area contributed by atoms with Crippen LogP contribution < -0.4 is 19.9 Å². The fraction of sp³-hybridized carbons (Fsp3) is 0.0833. The zero-order valence-electron chi connectivity index (χ0n) is 16.8. The molecule has 1 aliphatic heterocycles. The number of carbonyl (C=O) groups is 1. The summed E-state index contributed by atoms with van der Waals surface area (Å²) in [6.45, 7) is 0. The van der Waals surface area contributed by atoms with Crippen molar-refractivity contribution in [2.45, 2.75) is 5.92 Å². The first kappa shape index (κ1) is 21.8. The highest BCUT2D eigenvalue weighted by atomic mass is 79.9. The molecule has 0 saturated carbocycles. The molecule has 3 aromatic carbocycles. The van der Waals surface area contributed by atoms with Crippen molar-refractivity contribution in [2.75, 3.05) is 7.11 Å². The minimum absolute atomic E-state index is 0.0123. The van der Waals surface area contributed by atoms with Gasteiger partial charge in [-0.1, -0.05) is 45.7 Å². The summed E-state index contributed by atoms with van der Waals surface area (Å²) in [5, 5.41) is 9.97. The van der Waals surface area contributed by atoms with Crippen LogP contribution in [0.15, 0.2) is 76.6 Å². The summed E-state index contributed by atoms with van der Waals surface area (Å²) in [6, 6.07) is 19.4. The van der Waals surface area contributed by atoms with E-state index in [1.807, 2.05) is 24.3 Å². The molecule has 1 unspecified atom stereocenters. The molecule has 0 aromatic heterocycles. The lowest BCUT2D eigenvalue weighted by Gasteiger charge is -2.26. The molecule has 0 saturated heterocycles. The number of nitrogens with zero attached hydrogens (tertiary/aromatic N) is 1. The van der Waals surface area contributed by atoms with Gasteiger partial charge >= 0.3 is 5.97 Å². The van der Waals surface area contributed by atoms with E-state index in [-0.39, 0.29) is 17.2 Å². The molecule has 0 bridgehead atoms. The average Bonchev–Trinajstić information content (AvgIpc) is 2.78. The van der Waals surface area contributed by atoms with E-state index in [9.17, 15) is 10.1 Å². The molecular formula is C24H16BrClN2O4. The predicted octanol–water partition coefficient (Wildman–Crippen LogP) is 5.55. The topological polar surface area (TPSA) is 94.6 Å². The number of rotatable bonds is 4. The van der Waals surface area contributed by atoms with E-state index in [0.29, 0.717) is 22.1 Å². The van der Waals surface area contributed by atoms with Crippen LogP contribution >= 0.6 is 27.5 Å². The minimum atomic E-state index is -0.587. The fourth-order valence-corrected chi connectivity index (χ4v) is 3.98. The zero-order valence-corrected chi connectivity index (χ0v) is 19.1. The largest absolute Gasteiger partial charge is 0.495 e. The van der Waals surface area contributed by atoms with E-state index in [1.165, 1.54) is 13.2 Å². The molecule has 0 amide bonds. The first-order valence-electron chi connectivity index (χ1n) is 9.44. The first-order valence-corrected chi connectivity index (χ1v) is 10.6. The van der Waals surface area contributed by atoms with E-state index in [4.69, 9.17) is 31.5 Å². The normalized spacial score (nSPS) is 14.8. The molecule has 0 spiro atoms. The standard InChI is InChI=1S/C24H16BrClN2O4/c1-30-20-9-4-14(10-19(20)26)24(29)31-16-7-8-17-21(11-16)32-23(28)18(12-27)22(17)13-2-5-15(25)6-3-13/h2-11,22H,28H2,1H3. The summed E-state index contributed by atoms with van der Waals surface area (Å²) in [5.41, 5.74) is 8.25. The van der Waals surface area contributed by atoms with Crippen LogP contribution in [0.25, 0.3) is 0 Å². The molecule has 1 atom stereocenters. The average molecular weight is 512 g/mol. The van der Waals surface area contributed by atoms with Gasteiger partial charge in [-0.15, -0.1) is 0 Å². The van der Waals surface area contributed by atoms with Crippen LogP contribution in [0.1, 0.15) is 27.4 Å². The SMILES string of the molecule is COc1ccc(C(=O)Oc2ccc3c(c2)OC(N)=C(C#N)C3c2ccc(Br)cc2)cc1Cl. The molecule has 160 valence electrons. The molecule has 1 aliphatic rings. The summed E-state index contributed by atoms with van der Waals surface area (Å²) in [7, 11) is 1.49. The van der Waals surface area contributed by atoms with Gasteiger partial charge in [0.2, 0.25) is 5.88 Å². The van der Waals surface area contributed by atoms with Gasteiger partial charge in [-0.3, -0.25) is 0 Å². The van der Waals surface area contributed by atoms with Crippen LogP contribution in [0.3, 0.4) is 0 Å². The van der Waals surface area contributed by atoms with Gasteiger partial charge in [0, 0.05) is 16.1 Å². The third kappa shape index (κ3) is 4.15. The Balaban J connectivity index is 1.66. The highest BCUT2D eigenvalue weighted by molar-refractivity contribution is 9.10. The molecule has 0 aliphatic carbocycles. The van der Waals surface area contributed by atoms with Gasteiger partial charge in [-0.2, -0.15) is 5.26 Å². The molecule has 2 N–H and O–H groups in total. The number of esters is 1. The molecule has 6 nitrogen and oxygen atoms in total. The van der Waals surface area contributed by atoms with E-state index in [2.05, 4.69) is 22.0 Å². The molecule has 1 heterocycles. The van der Waals surface area contributed by atoms with Crippen LogP contribution in [-0.2, 0) is 0 Å². The van der Waals surface area contributed by atoms with Crippen LogP contribution in [0.2, 0.25) is 5.02 Å². The number of nitriles is 1. The Bertz CT molecular complexity index is 1280.